The molecule has 0 heterocycles. The largest absolute Gasteiger partial charge is 0.578 e. The van der Waals surface area contributed by atoms with Gasteiger partial charge >= 0.3 is 19.4 Å². The molecule has 6 radical (unpaired) electrons. The van der Waals surface area contributed by atoms with E-state index in [1.54, 1.807) is 0 Å². The number of hydrogen-bond donors (Lipinski definition) is 0. The Labute approximate surface area is 98.8 Å². The molecule has 0 bridgehead atoms. The summed E-state index contributed by atoms with van der Waals surface area (Å²) in [7, 11) is -0.688. The zero-order valence-electron chi connectivity index (χ0n) is 8.53. The normalized spacial score (nSPS) is 10.3. The van der Waals surface area contributed by atoms with E-state index in [0.717, 1.165) is 5.19 Å². The van der Waals surface area contributed by atoms with Crippen molar-refractivity contribution in [2.24, 2.45) is 0 Å². The maximum absolute atomic E-state index is 10.1. The van der Waals surface area contributed by atoms with Gasteiger partial charge < -0.3 is 12.7 Å². The number of rotatable bonds is 6. The first-order chi connectivity index (χ1) is 7.22. The third-order valence-corrected chi connectivity index (χ3v) is 5.39. The molecule has 7 heteroatoms. The molecule has 1 rings (SSSR count). The molecule has 3 nitrogen and oxygen atoms in total. The van der Waals surface area contributed by atoms with E-state index in [-0.39, 0.29) is 9.76 Å². The summed E-state index contributed by atoms with van der Waals surface area (Å²) in [4.78, 5) is 0. The van der Waals surface area contributed by atoms with E-state index in [4.69, 9.17) is 8.23 Å². The molecule has 0 atom stereocenters. The lowest BCUT2D eigenvalue weighted by molar-refractivity contribution is 0.499. The van der Waals surface area contributed by atoms with Crippen molar-refractivity contribution in [3.63, 3.8) is 0 Å². The van der Waals surface area contributed by atoms with Crippen molar-refractivity contribution in [1.29, 1.82) is 0 Å². The zero-order valence-corrected chi connectivity index (χ0v) is 12.5. The Hall–Kier alpha value is -0.352. The Balaban J connectivity index is 2.45. The Morgan fingerprint density at radius 3 is 2.07 bits per heavy atom. The van der Waals surface area contributed by atoms with Crippen LogP contribution in [-0.2, 0) is 12.7 Å². The van der Waals surface area contributed by atoms with Crippen LogP contribution in [0.3, 0.4) is 0 Å². The minimum absolute atomic E-state index is 0.167. The number of hydrogen-bond acceptors (Lipinski definition) is 3. The number of benzene rings is 1. The summed E-state index contributed by atoms with van der Waals surface area (Å²) in [5.41, 5.74) is 0. The summed E-state index contributed by atoms with van der Waals surface area (Å²) < 4.78 is 20.6. The SMILES string of the molecule is C[Si](C)O[Si]c1ccc([Si]O[Si]=O)cc1. The summed E-state index contributed by atoms with van der Waals surface area (Å²) in [6, 6.07) is 8.04. The fraction of sp³-hybridized carbons (Fsp3) is 0.250. The first kappa shape index (κ1) is 12.7. The molecule has 0 spiro atoms. The fourth-order valence-corrected chi connectivity index (χ4v) is 3.38. The Morgan fingerprint density at radius 1 is 1.07 bits per heavy atom. The van der Waals surface area contributed by atoms with Gasteiger partial charge in [0.05, 0.1) is 0 Å². The van der Waals surface area contributed by atoms with Crippen LogP contribution in [0.5, 0.6) is 0 Å². The van der Waals surface area contributed by atoms with Gasteiger partial charge in [0.1, 0.15) is 0 Å². The topological polar surface area (TPSA) is 35.5 Å². The van der Waals surface area contributed by atoms with Crippen LogP contribution in [-0.4, -0.2) is 38.2 Å². The second-order valence-corrected chi connectivity index (χ2v) is 8.16. The third kappa shape index (κ3) is 5.32. The summed E-state index contributed by atoms with van der Waals surface area (Å²) in [5, 5.41) is 2.25. The predicted octanol–water partition coefficient (Wildman–Crippen LogP) is -0.575. The molecule has 0 aliphatic carbocycles. The fourth-order valence-electron chi connectivity index (χ4n) is 0.847. The van der Waals surface area contributed by atoms with Gasteiger partial charge in [-0.05, 0) is 23.5 Å². The van der Waals surface area contributed by atoms with Crippen LogP contribution in [0, 0.1) is 0 Å². The van der Waals surface area contributed by atoms with Gasteiger partial charge in [-0.25, -0.2) is 0 Å². The molecule has 0 aliphatic rings. The minimum atomic E-state index is -0.679. The van der Waals surface area contributed by atoms with Gasteiger partial charge in [0.15, 0.2) is 9.04 Å². The van der Waals surface area contributed by atoms with Crippen LogP contribution >= 0.6 is 0 Å². The van der Waals surface area contributed by atoms with E-state index < -0.39 is 18.7 Å². The highest BCUT2D eigenvalue weighted by molar-refractivity contribution is 6.61. The molecule has 0 amide bonds. The van der Waals surface area contributed by atoms with E-state index in [0.29, 0.717) is 9.76 Å². The second kappa shape index (κ2) is 7.01. The lowest BCUT2D eigenvalue weighted by atomic mass is 10.4. The predicted molar refractivity (Wildman–Crippen MR) is 63.3 cm³/mol. The van der Waals surface area contributed by atoms with Gasteiger partial charge in [-0.2, -0.15) is 0 Å². The first-order valence-corrected chi connectivity index (χ1v) is 9.38. The highest BCUT2D eigenvalue weighted by Gasteiger charge is 2.02. The van der Waals surface area contributed by atoms with Crippen molar-refractivity contribution in [2.75, 3.05) is 0 Å². The van der Waals surface area contributed by atoms with Crippen molar-refractivity contribution >= 4 is 48.6 Å². The molecule has 0 saturated heterocycles. The quantitative estimate of drug-likeness (QED) is 0.647. The van der Waals surface area contributed by atoms with Crippen LogP contribution in [0.1, 0.15) is 0 Å². The Kier molecular flexibility index (Phi) is 5.94. The molecule has 0 unspecified atom stereocenters. The van der Waals surface area contributed by atoms with E-state index in [2.05, 4.69) is 13.1 Å². The zero-order chi connectivity index (χ0) is 11.1. The standard InChI is InChI=1S/C8H10O3Si4/c1-15(2)11-13-8-5-3-7(4-6-8)12-10-14-9/h3-6H,1-2H3. The highest BCUT2D eigenvalue weighted by Crippen LogP contribution is 1.84. The molecular weight excluding hydrogens is 256 g/mol. The average Bonchev–Trinajstić information content (AvgIpc) is 2.25. The van der Waals surface area contributed by atoms with Crippen LogP contribution in [0.2, 0.25) is 13.1 Å². The van der Waals surface area contributed by atoms with Gasteiger partial charge in [0.2, 0.25) is 0 Å². The Morgan fingerprint density at radius 2 is 1.60 bits per heavy atom. The summed E-state index contributed by atoms with van der Waals surface area (Å²) >= 11 is 0. The lowest BCUT2D eigenvalue weighted by Gasteiger charge is -2.04. The molecule has 0 N–H and O–H groups in total. The Bertz CT molecular complexity index is 301. The highest BCUT2D eigenvalue weighted by atomic mass is 28.3. The van der Waals surface area contributed by atoms with E-state index in [1.165, 1.54) is 5.19 Å². The lowest BCUT2D eigenvalue weighted by Crippen LogP contribution is -2.25. The van der Waals surface area contributed by atoms with Gasteiger partial charge in [-0.15, -0.1) is 0 Å². The molecule has 1 aromatic carbocycles. The van der Waals surface area contributed by atoms with Crippen LogP contribution < -0.4 is 10.4 Å². The van der Waals surface area contributed by atoms with Gasteiger partial charge in [-0.3, -0.25) is 0 Å². The smallest absolute Gasteiger partial charge is 0.571 e. The van der Waals surface area contributed by atoms with Gasteiger partial charge in [0, 0.05) is 0 Å². The van der Waals surface area contributed by atoms with Crippen LogP contribution in [0.15, 0.2) is 24.3 Å². The van der Waals surface area contributed by atoms with Crippen LogP contribution in [0.4, 0.5) is 0 Å². The van der Waals surface area contributed by atoms with Crippen molar-refractivity contribution in [3.05, 3.63) is 24.3 Å². The summed E-state index contributed by atoms with van der Waals surface area (Å²) in [6.45, 7) is 4.24. The monoisotopic (exact) mass is 266 g/mol. The molecule has 0 aromatic heterocycles. The summed E-state index contributed by atoms with van der Waals surface area (Å²) in [5.74, 6) is 0. The maximum Gasteiger partial charge on any atom is 0.578 e. The van der Waals surface area contributed by atoms with Crippen molar-refractivity contribution < 1.29 is 12.7 Å². The van der Waals surface area contributed by atoms with Crippen molar-refractivity contribution in [1.82, 2.24) is 0 Å². The molecule has 15 heavy (non-hydrogen) atoms. The molecule has 0 saturated carbocycles. The summed E-state index contributed by atoms with van der Waals surface area (Å²) in [6.07, 6.45) is 0. The maximum atomic E-state index is 10.1. The van der Waals surface area contributed by atoms with E-state index >= 15 is 0 Å². The second-order valence-electron chi connectivity index (χ2n) is 2.98. The average molecular weight is 267 g/mol. The van der Waals surface area contributed by atoms with Crippen molar-refractivity contribution in [3.8, 4) is 0 Å². The minimum Gasteiger partial charge on any atom is -0.571 e. The molecule has 76 valence electrons. The molecule has 0 fully saturated rings. The van der Waals surface area contributed by atoms with E-state index in [9.17, 15) is 4.46 Å². The first-order valence-electron chi connectivity index (χ1n) is 4.34. The van der Waals surface area contributed by atoms with Crippen LogP contribution in [0.25, 0.3) is 0 Å². The molecule has 1 aromatic rings. The third-order valence-electron chi connectivity index (χ3n) is 1.47. The van der Waals surface area contributed by atoms with Gasteiger partial charge in [0.25, 0.3) is 9.76 Å². The van der Waals surface area contributed by atoms with Crippen molar-refractivity contribution in [2.45, 2.75) is 13.1 Å². The van der Waals surface area contributed by atoms with Gasteiger partial charge in [-0.1, -0.05) is 24.3 Å². The molecular formula is C8H10O3Si4. The molecule has 0 aliphatic heterocycles. The van der Waals surface area contributed by atoms with E-state index in [1.807, 2.05) is 24.3 Å².